The first-order valence-electron chi connectivity index (χ1n) is 20.5. The van der Waals surface area contributed by atoms with Crippen molar-refractivity contribution in [3.8, 4) is 0 Å². The molecule has 24 heteroatoms. The van der Waals surface area contributed by atoms with Crippen LogP contribution in [0, 0.1) is 0 Å². The van der Waals surface area contributed by atoms with Gasteiger partial charge in [0.25, 0.3) is 0 Å². The SMILES string of the molecule is CCO[Si](CS(S)(SS)C1CCCCCCCCCCC1(S(S)(C[Si](OCC)(OCC)OCC)SS)S(S)(C[Si](OCC)(OCC)OCC)SS)(OCC)OCC. The van der Waals surface area contributed by atoms with Gasteiger partial charge in [-0.05, 0) is 105 Å². The first-order chi connectivity index (χ1) is 27.2. The monoisotopic (exact) mass is 1090 g/mol. The Hall–Kier alpha value is 4.49. The smallest absolute Gasteiger partial charge is 0.373 e. The molecule has 0 heterocycles. The summed E-state index contributed by atoms with van der Waals surface area (Å²) in [6.45, 7) is 22.1. The van der Waals surface area contributed by atoms with Gasteiger partial charge in [-0.2, -0.15) is 0 Å². The third kappa shape index (κ3) is 16.6. The van der Waals surface area contributed by atoms with Crippen LogP contribution in [-0.4, -0.2) is 111 Å². The van der Waals surface area contributed by atoms with Crippen molar-refractivity contribution in [2.24, 2.45) is 0 Å². The lowest BCUT2D eigenvalue weighted by molar-refractivity contribution is 0.0761. The van der Waals surface area contributed by atoms with Crippen molar-refractivity contribution >= 4 is 150 Å². The van der Waals surface area contributed by atoms with Gasteiger partial charge in [0.15, 0.2) is 0 Å². The summed E-state index contributed by atoms with van der Waals surface area (Å²) in [6.07, 6.45) is 10.6. The number of thiol groups is 6. The van der Waals surface area contributed by atoms with Crippen molar-refractivity contribution in [1.82, 2.24) is 0 Å². The molecule has 0 aromatic carbocycles. The highest BCUT2D eigenvalue weighted by molar-refractivity contribution is 9.42. The molecular formula is C33H78O9S12Si3. The van der Waals surface area contributed by atoms with E-state index in [1.807, 2.05) is 62.3 Å². The second-order valence-electron chi connectivity index (χ2n) is 13.2. The zero-order chi connectivity index (χ0) is 43.1. The van der Waals surface area contributed by atoms with Crippen LogP contribution in [0.1, 0.15) is 127 Å². The summed E-state index contributed by atoms with van der Waals surface area (Å²) in [7, 11) is -12.4. The predicted molar refractivity (Wildman–Crippen MR) is 289 cm³/mol. The second kappa shape index (κ2) is 30.7. The van der Waals surface area contributed by atoms with Crippen LogP contribution in [0.2, 0.25) is 0 Å². The van der Waals surface area contributed by atoms with Crippen LogP contribution < -0.4 is 0 Å². The largest absolute Gasteiger partial charge is 0.511 e. The van der Waals surface area contributed by atoms with Crippen LogP contribution in [0.5, 0.6) is 0 Å². The van der Waals surface area contributed by atoms with Crippen LogP contribution in [-0.2, 0) is 39.8 Å². The summed E-state index contributed by atoms with van der Waals surface area (Å²) in [5.74, 6) is 0. The Morgan fingerprint density at radius 3 is 1.00 bits per heavy atom. The van der Waals surface area contributed by atoms with Gasteiger partial charge in [0.2, 0.25) is 0 Å². The lowest BCUT2D eigenvalue weighted by Gasteiger charge is -2.67. The van der Waals surface area contributed by atoms with E-state index in [2.05, 4.69) is 0 Å². The Balaban J connectivity index is 4.76. The van der Waals surface area contributed by atoms with Crippen LogP contribution >= 0.6 is 124 Å². The number of hydrogen-bond acceptors (Lipinski definition) is 18. The van der Waals surface area contributed by atoms with Gasteiger partial charge in [0.1, 0.15) is 0 Å². The van der Waals surface area contributed by atoms with E-state index in [4.69, 9.17) is 110 Å². The summed E-state index contributed by atoms with van der Waals surface area (Å²) < 4.78 is 59.3. The first-order valence-corrected chi connectivity index (χ1v) is 42.1. The molecule has 0 aromatic rings. The van der Waals surface area contributed by atoms with E-state index in [1.165, 1.54) is 48.7 Å². The molecule has 4 atom stereocenters. The standard InChI is InChI=1S/C33H78O9S12Si3/c1-10-34-55(35-11-2,36-12-3)29-52(46,49-43)32-27-25-23-21-19-20-22-24-26-28-33(32,53(47,50-44)30-56(37-13-4,38-14-5)39-15-6)54(48,51-45)31-57(40-16-7,41-17-8)42-18-9/h32,43-48H,10-31H2,1-9H3. The third-order valence-corrected chi connectivity index (χ3v) is 60.2. The lowest BCUT2D eigenvalue weighted by Crippen LogP contribution is -2.60. The van der Waals surface area contributed by atoms with Gasteiger partial charge in [0.05, 0.1) is 20.2 Å². The van der Waals surface area contributed by atoms with Crippen LogP contribution in [0.15, 0.2) is 0 Å². The third-order valence-electron chi connectivity index (χ3n) is 9.54. The predicted octanol–water partition coefficient (Wildman–Crippen LogP) is 13.2. The average molecular weight is 1090 g/mol. The minimum atomic E-state index is -3.39. The molecule has 0 aliphatic heterocycles. The van der Waals surface area contributed by atoms with E-state index in [9.17, 15) is 0 Å². The Bertz CT molecular complexity index is 985. The highest BCUT2D eigenvalue weighted by atomic mass is 33.7. The summed E-state index contributed by atoms with van der Waals surface area (Å²) in [5.41, 5.74) is 0. The van der Waals surface area contributed by atoms with Gasteiger partial charge in [-0.1, -0.05) is 51.4 Å². The van der Waals surface area contributed by atoms with Crippen LogP contribution in [0.4, 0.5) is 0 Å². The molecule has 4 unspecified atom stereocenters. The molecule has 0 N–H and O–H groups in total. The Morgan fingerprint density at radius 2 is 0.719 bits per heavy atom. The van der Waals surface area contributed by atoms with Gasteiger partial charge >= 0.3 is 26.4 Å². The molecule has 1 rings (SSSR count). The lowest BCUT2D eigenvalue weighted by atomic mass is 10.00. The minimum Gasteiger partial charge on any atom is -0.373 e. The van der Waals surface area contributed by atoms with Crippen molar-refractivity contribution < 1.29 is 39.8 Å². The van der Waals surface area contributed by atoms with Crippen molar-refractivity contribution in [1.29, 1.82) is 0 Å². The summed E-state index contributed by atoms with van der Waals surface area (Å²) in [4.78, 5) is 0. The molecular weight excluding hydrogens is 1010 g/mol. The highest BCUT2D eigenvalue weighted by Crippen LogP contribution is 2.96. The van der Waals surface area contributed by atoms with Gasteiger partial charge in [-0.3, -0.25) is 0 Å². The minimum absolute atomic E-state index is 0.115. The molecule has 0 amide bonds. The Kier molecular flexibility index (Phi) is 32.1. The summed E-state index contributed by atoms with van der Waals surface area (Å²) in [5, 5.41) is 1.28. The fraction of sp³-hybridized carbons (Fsp3) is 1.00. The van der Waals surface area contributed by atoms with E-state index in [0.29, 0.717) is 75.6 Å². The first kappa shape index (κ1) is 59.5. The Labute approximate surface area is 397 Å². The average Bonchev–Trinajstić information content (AvgIpc) is 3.15. The van der Waals surface area contributed by atoms with Crippen molar-refractivity contribution in [3.05, 3.63) is 0 Å². The van der Waals surface area contributed by atoms with Gasteiger partial charge in [0, 0.05) is 64.7 Å². The normalized spacial score (nSPS) is 24.6. The fourth-order valence-corrected chi connectivity index (χ4v) is 64.5. The topological polar surface area (TPSA) is 83.1 Å². The molecule has 1 saturated carbocycles. The molecule has 1 fully saturated rings. The van der Waals surface area contributed by atoms with E-state index >= 15 is 0 Å². The highest BCUT2D eigenvalue weighted by Gasteiger charge is 2.69. The zero-order valence-corrected chi connectivity index (χ0v) is 49.2. The molecule has 0 bridgehead atoms. The van der Waals surface area contributed by atoms with Crippen LogP contribution in [0.25, 0.3) is 0 Å². The molecule has 0 spiro atoms. The van der Waals surface area contributed by atoms with Gasteiger partial charge in [-0.25, -0.2) is 0 Å². The maximum absolute atomic E-state index is 6.69. The Morgan fingerprint density at radius 1 is 0.439 bits per heavy atom. The van der Waals surface area contributed by atoms with E-state index in [0.717, 1.165) is 44.9 Å². The number of hydrogen-bond donors (Lipinski definition) is 6. The van der Waals surface area contributed by atoms with E-state index in [1.54, 1.807) is 0 Å². The van der Waals surface area contributed by atoms with Gasteiger partial charge < -0.3 is 39.8 Å². The molecule has 0 saturated heterocycles. The second-order valence-corrected chi connectivity index (χ2v) is 48.6. The molecule has 9 nitrogen and oxygen atoms in total. The van der Waals surface area contributed by atoms with Gasteiger partial charge in [-0.15, -0.1) is 94.2 Å². The van der Waals surface area contributed by atoms with Crippen LogP contribution in [0.3, 0.4) is 0 Å². The molecule has 1 aliphatic rings. The summed E-state index contributed by atoms with van der Waals surface area (Å²) in [6, 6.07) is 0. The van der Waals surface area contributed by atoms with Crippen molar-refractivity contribution in [2.75, 3.05) is 75.6 Å². The van der Waals surface area contributed by atoms with E-state index < -0.39 is 54.8 Å². The molecule has 57 heavy (non-hydrogen) atoms. The zero-order valence-electron chi connectivity index (χ0n) is 35.9. The molecule has 1 aliphatic carbocycles. The quantitative estimate of drug-likeness (QED) is 0.0236. The summed E-state index contributed by atoms with van der Waals surface area (Å²) >= 11 is 33.8. The maximum atomic E-state index is 6.69. The maximum Gasteiger partial charge on any atom is 0.511 e. The molecule has 348 valence electrons. The fourth-order valence-electron chi connectivity index (χ4n) is 7.60. The van der Waals surface area contributed by atoms with Crippen molar-refractivity contribution in [3.63, 3.8) is 0 Å². The van der Waals surface area contributed by atoms with E-state index in [-0.39, 0.29) is 5.25 Å². The molecule has 0 aromatic heterocycles. The number of rotatable bonds is 30. The molecule has 0 radical (unpaired) electrons. The van der Waals surface area contributed by atoms with Crippen molar-refractivity contribution in [2.45, 2.75) is 136 Å².